The predicted octanol–water partition coefficient (Wildman–Crippen LogP) is 3.68. The molecule has 0 aliphatic carbocycles. The first-order valence-corrected chi connectivity index (χ1v) is 9.68. The van der Waals surface area contributed by atoms with E-state index in [4.69, 9.17) is 4.74 Å². The zero-order chi connectivity index (χ0) is 16.9. The van der Waals surface area contributed by atoms with Crippen LogP contribution in [0, 0.1) is 6.92 Å². The van der Waals surface area contributed by atoms with Crippen molar-refractivity contribution in [1.82, 2.24) is 4.72 Å². The van der Waals surface area contributed by atoms with Gasteiger partial charge in [0.2, 0.25) is 10.0 Å². The van der Waals surface area contributed by atoms with Crippen LogP contribution in [0.15, 0.2) is 51.8 Å². The van der Waals surface area contributed by atoms with Crippen LogP contribution in [0.4, 0.5) is 0 Å². The van der Waals surface area contributed by atoms with Gasteiger partial charge in [0.1, 0.15) is 10.6 Å². The number of ether oxygens (including phenoxy) is 1. The summed E-state index contributed by atoms with van der Waals surface area (Å²) in [6.45, 7) is 4.59. The molecule has 6 heteroatoms. The van der Waals surface area contributed by atoms with E-state index in [1.165, 1.54) is 0 Å². The Labute approximate surface area is 146 Å². The average molecular weight is 398 g/mol. The van der Waals surface area contributed by atoms with Gasteiger partial charge in [-0.15, -0.1) is 0 Å². The van der Waals surface area contributed by atoms with Gasteiger partial charge in [-0.1, -0.05) is 40.2 Å². The Hall–Kier alpha value is -1.37. The molecule has 0 amide bonds. The van der Waals surface area contributed by atoms with E-state index in [-0.39, 0.29) is 4.90 Å². The number of benzene rings is 2. The van der Waals surface area contributed by atoms with Crippen LogP contribution in [0.5, 0.6) is 5.75 Å². The van der Waals surface area contributed by atoms with Gasteiger partial charge in [-0.25, -0.2) is 13.1 Å². The van der Waals surface area contributed by atoms with Gasteiger partial charge in [0, 0.05) is 11.0 Å². The summed E-state index contributed by atoms with van der Waals surface area (Å²) in [7, 11) is -3.62. The van der Waals surface area contributed by atoms with Gasteiger partial charge >= 0.3 is 0 Å². The van der Waals surface area contributed by atoms with Crippen molar-refractivity contribution in [3.05, 3.63) is 58.1 Å². The van der Waals surface area contributed by atoms with E-state index < -0.39 is 10.0 Å². The van der Waals surface area contributed by atoms with Crippen LogP contribution >= 0.6 is 15.9 Å². The maximum Gasteiger partial charge on any atom is 0.244 e. The molecule has 0 radical (unpaired) electrons. The highest BCUT2D eigenvalue weighted by Gasteiger charge is 2.19. The maximum absolute atomic E-state index is 12.5. The predicted molar refractivity (Wildman–Crippen MR) is 95.4 cm³/mol. The second-order valence-electron chi connectivity index (χ2n) is 5.10. The summed E-state index contributed by atoms with van der Waals surface area (Å²) in [5, 5.41) is 0. The van der Waals surface area contributed by atoms with Crippen molar-refractivity contribution in [2.75, 3.05) is 13.2 Å². The van der Waals surface area contributed by atoms with Crippen molar-refractivity contribution >= 4 is 26.0 Å². The van der Waals surface area contributed by atoms with Crippen molar-refractivity contribution in [2.45, 2.75) is 25.2 Å². The molecule has 0 aliphatic heterocycles. The molecule has 23 heavy (non-hydrogen) atoms. The number of halogens is 1. The van der Waals surface area contributed by atoms with Crippen LogP contribution in [0.3, 0.4) is 0 Å². The van der Waals surface area contributed by atoms with Crippen LogP contribution in [-0.2, 0) is 16.4 Å². The number of sulfonamides is 1. The highest BCUT2D eigenvalue weighted by Crippen LogP contribution is 2.27. The van der Waals surface area contributed by atoms with Gasteiger partial charge in [0.25, 0.3) is 0 Å². The second kappa shape index (κ2) is 7.95. The highest BCUT2D eigenvalue weighted by atomic mass is 79.9. The molecule has 0 bridgehead atoms. The standard InChI is InChI=1S/C17H20BrNO3S/c1-3-22-16-9-8-15(18)12-17(16)23(20,21)19-11-10-14-7-5-4-6-13(14)2/h4-9,12,19H,3,10-11H2,1-2H3. The third-order valence-electron chi connectivity index (χ3n) is 3.44. The Balaban J connectivity index is 2.13. The molecule has 4 nitrogen and oxygen atoms in total. The second-order valence-corrected chi connectivity index (χ2v) is 7.75. The molecule has 2 rings (SSSR count). The van der Waals surface area contributed by atoms with E-state index in [1.54, 1.807) is 18.2 Å². The molecule has 0 aromatic heterocycles. The van der Waals surface area contributed by atoms with Crippen LogP contribution < -0.4 is 9.46 Å². The van der Waals surface area contributed by atoms with Crippen molar-refractivity contribution in [2.24, 2.45) is 0 Å². The molecule has 2 aromatic rings. The van der Waals surface area contributed by atoms with Gasteiger partial charge in [0.15, 0.2) is 0 Å². The number of rotatable bonds is 7. The minimum Gasteiger partial charge on any atom is -0.492 e. The SMILES string of the molecule is CCOc1ccc(Br)cc1S(=O)(=O)NCCc1ccccc1C. The lowest BCUT2D eigenvalue weighted by Crippen LogP contribution is -2.26. The first kappa shape index (κ1) is 18.0. The molecule has 0 atom stereocenters. The Bertz CT molecular complexity index is 775. The lowest BCUT2D eigenvalue weighted by Gasteiger charge is -2.13. The fourth-order valence-corrected chi connectivity index (χ4v) is 3.97. The Kier molecular flexibility index (Phi) is 6.21. The summed E-state index contributed by atoms with van der Waals surface area (Å²) >= 11 is 3.31. The minimum atomic E-state index is -3.62. The topological polar surface area (TPSA) is 55.4 Å². The van der Waals surface area contributed by atoms with Gasteiger partial charge < -0.3 is 4.74 Å². The normalized spacial score (nSPS) is 11.4. The van der Waals surface area contributed by atoms with E-state index >= 15 is 0 Å². The molecule has 1 N–H and O–H groups in total. The summed E-state index contributed by atoms with van der Waals surface area (Å²) < 4.78 is 33.9. The van der Waals surface area contributed by atoms with Gasteiger partial charge in [0.05, 0.1) is 6.61 Å². The van der Waals surface area contributed by atoms with E-state index in [9.17, 15) is 8.42 Å². The quantitative estimate of drug-likeness (QED) is 0.774. The minimum absolute atomic E-state index is 0.151. The van der Waals surface area contributed by atoms with E-state index in [2.05, 4.69) is 20.7 Å². The molecular formula is C17H20BrNO3S. The lowest BCUT2D eigenvalue weighted by molar-refractivity contribution is 0.331. The van der Waals surface area contributed by atoms with Crippen molar-refractivity contribution < 1.29 is 13.2 Å². The zero-order valence-electron chi connectivity index (χ0n) is 13.2. The van der Waals surface area contributed by atoms with E-state index in [0.29, 0.717) is 29.8 Å². The first-order valence-electron chi connectivity index (χ1n) is 7.40. The number of hydrogen-bond acceptors (Lipinski definition) is 3. The molecule has 124 valence electrons. The third kappa shape index (κ3) is 4.80. The van der Waals surface area contributed by atoms with Crippen molar-refractivity contribution in [3.8, 4) is 5.75 Å². The van der Waals surface area contributed by atoms with Crippen LogP contribution in [0.1, 0.15) is 18.1 Å². The van der Waals surface area contributed by atoms with Crippen LogP contribution in [0.25, 0.3) is 0 Å². The summed E-state index contributed by atoms with van der Waals surface area (Å²) in [5.41, 5.74) is 2.29. The monoisotopic (exact) mass is 397 g/mol. The van der Waals surface area contributed by atoms with E-state index in [1.807, 2.05) is 38.1 Å². The first-order chi connectivity index (χ1) is 10.9. The summed E-state index contributed by atoms with van der Waals surface area (Å²) in [4.78, 5) is 0.151. The Morgan fingerprint density at radius 3 is 2.61 bits per heavy atom. The number of nitrogens with one attached hydrogen (secondary N) is 1. The largest absolute Gasteiger partial charge is 0.492 e. The van der Waals surface area contributed by atoms with Gasteiger partial charge in [-0.3, -0.25) is 0 Å². The molecule has 0 aliphatic rings. The zero-order valence-corrected chi connectivity index (χ0v) is 15.6. The van der Waals surface area contributed by atoms with Crippen LogP contribution in [-0.4, -0.2) is 21.6 Å². The Morgan fingerprint density at radius 1 is 1.17 bits per heavy atom. The fourth-order valence-electron chi connectivity index (χ4n) is 2.26. The summed E-state index contributed by atoms with van der Waals surface area (Å²) in [6, 6.07) is 12.9. The van der Waals surface area contributed by atoms with Gasteiger partial charge in [-0.2, -0.15) is 0 Å². The summed E-state index contributed by atoms with van der Waals surface area (Å²) in [6.07, 6.45) is 0.643. The molecule has 0 saturated heterocycles. The fraction of sp³-hybridized carbons (Fsp3) is 0.294. The summed E-state index contributed by atoms with van der Waals surface area (Å²) in [5.74, 6) is 0.360. The van der Waals surface area contributed by atoms with Gasteiger partial charge in [-0.05, 0) is 49.6 Å². The number of aryl methyl sites for hydroxylation is 1. The van der Waals surface area contributed by atoms with Crippen LogP contribution in [0.2, 0.25) is 0 Å². The molecule has 0 heterocycles. The smallest absolute Gasteiger partial charge is 0.244 e. The molecule has 0 unspecified atom stereocenters. The molecule has 2 aromatic carbocycles. The Morgan fingerprint density at radius 2 is 1.91 bits per heavy atom. The van der Waals surface area contributed by atoms with E-state index in [0.717, 1.165) is 11.1 Å². The van der Waals surface area contributed by atoms with Crippen molar-refractivity contribution in [1.29, 1.82) is 0 Å². The van der Waals surface area contributed by atoms with Crippen molar-refractivity contribution in [3.63, 3.8) is 0 Å². The average Bonchev–Trinajstić information content (AvgIpc) is 2.51. The molecule has 0 saturated carbocycles. The number of hydrogen-bond donors (Lipinski definition) is 1. The lowest BCUT2D eigenvalue weighted by atomic mass is 10.1. The molecule has 0 spiro atoms. The molecular weight excluding hydrogens is 378 g/mol. The molecule has 0 fully saturated rings. The maximum atomic E-state index is 12.5. The highest BCUT2D eigenvalue weighted by molar-refractivity contribution is 9.10. The third-order valence-corrected chi connectivity index (χ3v) is 5.42.